The van der Waals surface area contributed by atoms with E-state index in [4.69, 9.17) is 0 Å². The number of carbonyl (C=O) groups excluding carboxylic acids is 3. The molecular formula is C18H26N5O3+. The minimum absolute atomic E-state index is 0.160. The predicted octanol–water partition coefficient (Wildman–Crippen LogP) is 1.76. The summed E-state index contributed by atoms with van der Waals surface area (Å²) < 4.78 is 3.83. The molecule has 1 unspecified atom stereocenters. The van der Waals surface area contributed by atoms with Crippen LogP contribution in [0.3, 0.4) is 0 Å². The van der Waals surface area contributed by atoms with Crippen LogP contribution < -0.4 is 4.57 Å². The lowest BCUT2D eigenvalue weighted by molar-refractivity contribution is -0.677. The number of hydrogen-bond donors (Lipinski definition) is 0. The Morgan fingerprint density at radius 1 is 1.31 bits per heavy atom. The SMILES string of the molecule is Cc1c[n+]2c(n1C(C)C)N=C1C2C(=O)N(CC(=O)C(C)(C)C)C(=O)N1C. The van der Waals surface area contributed by atoms with E-state index in [1.165, 1.54) is 4.90 Å². The number of imide groups is 1. The number of ketones is 1. The van der Waals surface area contributed by atoms with Gasteiger partial charge < -0.3 is 0 Å². The van der Waals surface area contributed by atoms with Crippen LogP contribution in [-0.2, 0) is 9.59 Å². The molecular weight excluding hydrogens is 334 g/mol. The number of amides is 3. The molecule has 140 valence electrons. The molecule has 3 amide bonds. The van der Waals surface area contributed by atoms with Crippen LogP contribution in [0.25, 0.3) is 0 Å². The number of rotatable bonds is 3. The van der Waals surface area contributed by atoms with Crippen molar-refractivity contribution in [2.75, 3.05) is 13.6 Å². The third-order valence-electron chi connectivity index (χ3n) is 4.91. The van der Waals surface area contributed by atoms with Crippen molar-refractivity contribution in [3.8, 4) is 0 Å². The Labute approximate surface area is 153 Å². The van der Waals surface area contributed by atoms with Gasteiger partial charge in [0.2, 0.25) is 11.9 Å². The van der Waals surface area contributed by atoms with Crippen molar-refractivity contribution < 1.29 is 19.0 Å². The molecule has 3 rings (SSSR count). The van der Waals surface area contributed by atoms with E-state index < -0.39 is 23.4 Å². The van der Waals surface area contributed by atoms with Gasteiger partial charge in [0, 0.05) is 12.5 Å². The van der Waals surface area contributed by atoms with Crippen LogP contribution in [0.5, 0.6) is 0 Å². The lowest BCUT2D eigenvalue weighted by Gasteiger charge is -2.33. The number of hydrogen-bond acceptors (Lipinski definition) is 4. The van der Waals surface area contributed by atoms with Crippen LogP contribution in [0, 0.1) is 12.3 Å². The molecule has 0 aromatic carbocycles. The highest BCUT2D eigenvalue weighted by molar-refractivity contribution is 6.20. The number of nitrogens with zero attached hydrogens (tertiary/aromatic N) is 5. The van der Waals surface area contributed by atoms with Gasteiger partial charge >= 0.3 is 12.0 Å². The highest BCUT2D eigenvalue weighted by atomic mass is 16.2. The first-order valence-electron chi connectivity index (χ1n) is 8.79. The fourth-order valence-electron chi connectivity index (χ4n) is 3.37. The van der Waals surface area contributed by atoms with Gasteiger partial charge in [0.25, 0.3) is 5.91 Å². The molecule has 1 aromatic heterocycles. The average molecular weight is 360 g/mol. The van der Waals surface area contributed by atoms with Crippen LogP contribution >= 0.6 is 0 Å². The van der Waals surface area contributed by atoms with E-state index in [0.717, 1.165) is 10.6 Å². The van der Waals surface area contributed by atoms with Crippen molar-refractivity contribution in [3.63, 3.8) is 0 Å². The molecule has 1 atom stereocenters. The summed E-state index contributed by atoms with van der Waals surface area (Å²) in [6.07, 6.45) is 1.88. The average Bonchev–Trinajstić information content (AvgIpc) is 3.02. The van der Waals surface area contributed by atoms with Crippen LogP contribution in [-0.4, -0.2) is 51.5 Å². The van der Waals surface area contributed by atoms with Gasteiger partial charge in [-0.15, -0.1) is 0 Å². The van der Waals surface area contributed by atoms with Crippen molar-refractivity contribution >= 4 is 29.5 Å². The quantitative estimate of drug-likeness (QED) is 0.771. The maximum atomic E-state index is 13.1. The van der Waals surface area contributed by atoms with Crippen molar-refractivity contribution in [1.29, 1.82) is 0 Å². The Bertz CT molecular complexity index is 844. The third kappa shape index (κ3) is 2.55. The first-order chi connectivity index (χ1) is 11.9. The van der Waals surface area contributed by atoms with Gasteiger partial charge in [-0.2, -0.15) is 0 Å². The topological polar surface area (TPSA) is 78.9 Å². The molecule has 8 nitrogen and oxygen atoms in total. The standard InChI is InChI=1S/C18H26N5O3/c1-10(2)23-11(3)8-21-13-14(19-16(21)23)20(7)17(26)22(15(13)25)9-12(24)18(4,5)6/h8,10,13H,9H2,1-7H3/q+1. The number of Topliss-reactive ketones (excluding diaryl/α,β-unsaturated/α-hetero) is 1. The largest absolute Gasteiger partial charge is 0.402 e. The zero-order valence-electron chi connectivity index (χ0n) is 16.4. The molecule has 0 saturated carbocycles. The van der Waals surface area contributed by atoms with E-state index in [2.05, 4.69) is 4.99 Å². The van der Waals surface area contributed by atoms with E-state index in [1.807, 2.05) is 31.5 Å². The minimum atomic E-state index is -0.709. The molecule has 26 heavy (non-hydrogen) atoms. The zero-order valence-corrected chi connectivity index (χ0v) is 16.4. The number of aromatic nitrogens is 2. The maximum absolute atomic E-state index is 13.1. The molecule has 0 aliphatic carbocycles. The second-order valence-corrected chi connectivity index (χ2v) is 8.25. The molecule has 0 bridgehead atoms. The summed E-state index contributed by atoms with van der Waals surface area (Å²) in [5.74, 6) is 0.486. The molecule has 2 aliphatic heterocycles. The minimum Gasteiger partial charge on any atom is -0.297 e. The fraction of sp³-hybridized carbons (Fsp3) is 0.611. The smallest absolute Gasteiger partial charge is 0.297 e. The molecule has 2 aliphatic rings. The summed E-state index contributed by atoms with van der Waals surface area (Å²) in [5.41, 5.74) is 0.362. The number of aliphatic imine (C=N–C) groups is 1. The normalized spacial score (nSPS) is 19.8. The van der Waals surface area contributed by atoms with E-state index in [1.54, 1.807) is 32.4 Å². The second kappa shape index (κ2) is 5.75. The monoisotopic (exact) mass is 360 g/mol. The molecule has 1 aromatic rings. The van der Waals surface area contributed by atoms with Gasteiger partial charge in [0.05, 0.1) is 12.6 Å². The summed E-state index contributed by atoms with van der Waals surface area (Å²) in [6, 6.07) is -1.05. The van der Waals surface area contributed by atoms with Crippen LogP contribution in [0.15, 0.2) is 11.2 Å². The predicted molar refractivity (Wildman–Crippen MR) is 95.2 cm³/mol. The molecule has 0 radical (unpaired) electrons. The Morgan fingerprint density at radius 3 is 2.46 bits per heavy atom. The van der Waals surface area contributed by atoms with Crippen LogP contribution in [0.1, 0.15) is 52.4 Å². The first kappa shape index (κ1) is 18.3. The summed E-state index contributed by atoms with van der Waals surface area (Å²) in [5, 5.41) is 0. The Kier molecular flexibility index (Phi) is 4.05. The molecule has 3 heterocycles. The molecule has 8 heteroatoms. The lowest BCUT2D eigenvalue weighted by atomic mass is 9.90. The number of carbonyl (C=O) groups is 3. The Balaban J connectivity index is 2.03. The Morgan fingerprint density at radius 2 is 1.92 bits per heavy atom. The molecule has 1 fully saturated rings. The van der Waals surface area contributed by atoms with Gasteiger partial charge in [-0.3, -0.25) is 19.4 Å². The highest BCUT2D eigenvalue weighted by Crippen LogP contribution is 2.31. The summed E-state index contributed by atoms with van der Waals surface area (Å²) in [7, 11) is 1.59. The Hall–Kier alpha value is -2.51. The van der Waals surface area contributed by atoms with Gasteiger partial charge in [0.1, 0.15) is 11.9 Å². The number of urea groups is 1. The maximum Gasteiger partial charge on any atom is 0.402 e. The molecule has 0 N–H and O–H groups in total. The van der Waals surface area contributed by atoms with Gasteiger partial charge in [-0.25, -0.2) is 13.9 Å². The van der Waals surface area contributed by atoms with E-state index in [-0.39, 0.29) is 18.4 Å². The summed E-state index contributed by atoms with van der Waals surface area (Å²) in [4.78, 5) is 45.2. The zero-order chi connectivity index (χ0) is 19.5. The van der Waals surface area contributed by atoms with E-state index in [9.17, 15) is 14.4 Å². The van der Waals surface area contributed by atoms with Crippen molar-refractivity contribution in [1.82, 2.24) is 14.4 Å². The number of aryl methyl sites for hydroxylation is 1. The molecule has 0 spiro atoms. The van der Waals surface area contributed by atoms with E-state index >= 15 is 0 Å². The van der Waals surface area contributed by atoms with E-state index in [0.29, 0.717) is 11.8 Å². The summed E-state index contributed by atoms with van der Waals surface area (Å²) >= 11 is 0. The van der Waals surface area contributed by atoms with Gasteiger partial charge in [-0.05, 0) is 20.8 Å². The van der Waals surface area contributed by atoms with Gasteiger partial charge in [0.15, 0.2) is 5.78 Å². The van der Waals surface area contributed by atoms with Crippen molar-refractivity contribution in [2.24, 2.45) is 10.4 Å². The van der Waals surface area contributed by atoms with Crippen LogP contribution in [0.2, 0.25) is 0 Å². The second-order valence-electron chi connectivity index (χ2n) is 8.25. The lowest BCUT2D eigenvalue weighted by Crippen LogP contribution is -2.63. The summed E-state index contributed by atoms with van der Waals surface area (Å²) in [6.45, 7) is 11.2. The number of likely N-dealkylation sites (N-methyl/N-ethyl adjacent to an activating group) is 1. The van der Waals surface area contributed by atoms with Crippen molar-refractivity contribution in [3.05, 3.63) is 11.9 Å². The number of fused-ring (bicyclic) bond motifs is 3. The van der Waals surface area contributed by atoms with Crippen LogP contribution in [0.4, 0.5) is 10.7 Å². The fourth-order valence-corrected chi connectivity index (χ4v) is 3.37. The third-order valence-corrected chi connectivity index (χ3v) is 4.91. The van der Waals surface area contributed by atoms with Crippen molar-refractivity contribution in [2.45, 2.75) is 53.6 Å². The van der Waals surface area contributed by atoms with Gasteiger partial charge in [-0.1, -0.05) is 25.8 Å². The number of imidazole rings is 1. The first-order valence-corrected chi connectivity index (χ1v) is 8.79. The highest BCUT2D eigenvalue weighted by Gasteiger charge is 2.53. The molecule has 1 saturated heterocycles. The number of amidine groups is 1.